The Balaban J connectivity index is 2.30. The average Bonchev–Trinajstić information content (AvgIpc) is 2.81. The number of H-pyrrole nitrogens is 1. The van der Waals surface area contributed by atoms with Crippen LogP contribution in [0.5, 0.6) is 0 Å². The number of rotatable bonds is 6. The predicted molar refractivity (Wildman–Crippen MR) is 70.1 cm³/mol. The molecule has 2 rings (SSSR count). The van der Waals surface area contributed by atoms with E-state index in [9.17, 15) is 4.79 Å². The topological polar surface area (TPSA) is 98.2 Å². The van der Waals surface area contributed by atoms with Gasteiger partial charge in [-0.3, -0.25) is 4.79 Å². The molecule has 2 heterocycles. The first kappa shape index (κ1) is 13.2. The Kier molecular flexibility index (Phi) is 3.91. The molecule has 0 fully saturated rings. The molecule has 19 heavy (non-hydrogen) atoms. The summed E-state index contributed by atoms with van der Waals surface area (Å²) >= 11 is 0. The standard InChI is InChI=1S/C11H16N6O2/c1-16(2)3-4-17(5-8(18)19)11-9-10(13-6-12-9)14-7-15-11/h6-7H,3-5H2,1-2H3,(H,18,19)(H,12,13,14,15). The zero-order chi connectivity index (χ0) is 13.8. The smallest absolute Gasteiger partial charge is 0.323 e. The van der Waals surface area contributed by atoms with Crippen molar-refractivity contribution in [3.8, 4) is 0 Å². The van der Waals surface area contributed by atoms with Crippen molar-refractivity contribution in [1.82, 2.24) is 24.8 Å². The summed E-state index contributed by atoms with van der Waals surface area (Å²) in [4.78, 5) is 29.8. The van der Waals surface area contributed by atoms with Gasteiger partial charge in [0.2, 0.25) is 0 Å². The van der Waals surface area contributed by atoms with Crippen LogP contribution in [0.1, 0.15) is 0 Å². The number of aromatic amines is 1. The molecule has 0 saturated carbocycles. The van der Waals surface area contributed by atoms with Crippen LogP contribution in [0.15, 0.2) is 12.7 Å². The summed E-state index contributed by atoms with van der Waals surface area (Å²) in [5.74, 6) is -0.336. The summed E-state index contributed by atoms with van der Waals surface area (Å²) in [6.45, 7) is 1.18. The lowest BCUT2D eigenvalue weighted by atomic mass is 10.4. The average molecular weight is 264 g/mol. The van der Waals surface area contributed by atoms with Crippen LogP contribution < -0.4 is 4.90 Å². The summed E-state index contributed by atoms with van der Waals surface area (Å²) in [5.41, 5.74) is 1.19. The highest BCUT2D eigenvalue weighted by Gasteiger charge is 2.16. The molecule has 0 atom stereocenters. The summed E-state index contributed by atoms with van der Waals surface area (Å²) < 4.78 is 0. The number of aliphatic carboxylic acids is 1. The zero-order valence-corrected chi connectivity index (χ0v) is 10.9. The van der Waals surface area contributed by atoms with E-state index in [2.05, 4.69) is 19.9 Å². The maximum Gasteiger partial charge on any atom is 0.323 e. The molecule has 0 unspecified atom stereocenters. The molecule has 0 spiro atoms. The lowest BCUT2D eigenvalue weighted by Crippen LogP contribution is -2.36. The summed E-state index contributed by atoms with van der Waals surface area (Å²) in [6.07, 6.45) is 2.91. The highest BCUT2D eigenvalue weighted by atomic mass is 16.4. The van der Waals surface area contributed by atoms with Crippen molar-refractivity contribution in [3.63, 3.8) is 0 Å². The second kappa shape index (κ2) is 5.61. The van der Waals surface area contributed by atoms with Gasteiger partial charge < -0.3 is 19.9 Å². The number of nitrogens with one attached hydrogen (secondary N) is 1. The molecule has 0 aliphatic heterocycles. The SMILES string of the molecule is CN(C)CCN(CC(=O)O)c1ncnc2nc[nH]c12. The number of likely N-dealkylation sites (N-methyl/N-ethyl adjacent to an activating group) is 1. The van der Waals surface area contributed by atoms with Crippen LogP contribution in [0.2, 0.25) is 0 Å². The minimum absolute atomic E-state index is 0.112. The van der Waals surface area contributed by atoms with Gasteiger partial charge in [0.1, 0.15) is 18.4 Å². The Hall–Kier alpha value is -2.22. The van der Waals surface area contributed by atoms with E-state index in [1.807, 2.05) is 19.0 Å². The predicted octanol–water partition coefficient (Wildman–Crippen LogP) is -0.194. The Morgan fingerprint density at radius 1 is 1.32 bits per heavy atom. The lowest BCUT2D eigenvalue weighted by Gasteiger charge is -2.23. The first-order chi connectivity index (χ1) is 9.08. The minimum Gasteiger partial charge on any atom is -0.480 e. The Labute approximate surface area is 110 Å². The van der Waals surface area contributed by atoms with Crippen LogP contribution in [-0.4, -0.2) is 69.6 Å². The van der Waals surface area contributed by atoms with E-state index in [-0.39, 0.29) is 6.54 Å². The Morgan fingerprint density at radius 2 is 2.11 bits per heavy atom. The molecule has 2 aromatic heterocycles. The van der Waals surface area contributed by atoms with Crippen molar-refractivity contribution >= 4 is 23.0 Å². The molecule has 8 heteroatoms. The zero-order valence-electron chi connectivity index (χ0n) is 10.9. The summed E-state index contributed by atoms with van der Waals surface area (Å²) in [5, 5.41) is 9.01. The fraction of sp³-hybridized carbons (Fsp3) is 0.455. The number of hydrogen-bond acceptors (Lipinski definition) is 6. The number of nitrogens with zero attached hydrogens (tertiary/aromatic N) is 5. The van der Waals surface area contributed by atoms with Crippen molar-refractivity contribution in [2.45, 2.75) is 0 Å². The Morgan fingerprint density at radius 3 is 2.79 bits per heavy atom. The normalized spacial score (nSPS) is 11.1. The second-order valence-electron chi connectivity index (χ2n) is 4.42. The number of anilines is 1. The molecule has 2 N–H and O–H groups in total. The van der Waals surface area contributed by atoms with Gasteiger partial charge in [-0.1, -0.05) is 0 Å². The van der Waals surface area contributed by atoms with Crippen LogP contribution in [0.25, 0.3) is 11.2 Å². The van der Waals surface area contributed by atoms with Crippen molar-refractivity contribution in [2.24, 2.45) is 0 Å². The molecule has 0 saturated heterocycles. The van der Waals surface area contributed by atoms with Gasteiger partial charge in [-0.05, 0) is 14.1 Å². The van der Waals surface area contributed by atoms with Gasteiger partial charge in [-0.25, -0.2) is 15.0 Å². The molecule has 8 nitrogen and oxygen atoms in total. The molecule has 0 radical (unpaired) electrons. The van der Waals surface area contributed by atoms with Gasteiger partial charge in [0.25, 0.3) is 0 Å². The molecule has 0 aromatic carbocycles. The van der Waals surface area contributed by atoms with Crippen LogP contribution in [0.3, 0.4) is 0 Å². The van der Waals surface area contributed by atoms with E-state index in [0.717, 1.165) is 6.54 Å². The highest BCUT2D eigenvalue weighted by Crippen LogP contribution is 2.19. The number of aromatic nitrogens is 4. The fourth-order valence-corrected chi connectivity index (χ4v) is 1.74. The molecular weight excluding hydrogens is 248 g/mol. The number of fused-ring (bicyclic) bond motifs is 1. The number of carboxylic acids is 1. The van der Waals surface area contributed by atoms with Crippen molar-refractivity contribution in [1.29, 1.82) is 0 Å². The molecule has 0 aliphatic rings. The first-order valence-electron chi connectivity index (χ1n) is 5.83. The molecule has 102 valence electrons. The van der Waals surface area contributed by atoms with Gasteiger partial charge in [-0.15, -0.1) is 0 Å². The molecule has 0 aliphatic carbocycles. The van der Waals surface area contributed by atoms with E-state index in [0.29, 0.717) is 23.5 Å². The number of imidazole rings is 1. The van der Waals surface area contributed by atoms with Crippen molar-refractivity contribution in [3.05, 3.63) is 12.7 Å². The van der Waals surface area contributed by atoms with Gasteiger partial charge >= 0.3 is 5.97 Å². The molecule has 2 aromatic rings. The monoisotopic (exact) mass is 264 g/mol. The van der Waals surface area contributed by atoms with Crippen molar-refractivity contribution in [2.75, 3.05) is 38.6 Å². The first-order valence-corrected chi connectivity index (χ1v) is 5.83. The number of carboxylic acid groups (broad SMARTS) is 1. The number of hydrogen-bond donors (Lipinski definition) is 2. The molecule has 0 bridgehead atoms. The van der Waals surface area contributed by atoms with Gasteiger partial charge in [0.15, 0.2) is 11.5 Å². The number of carbonyl (C=O) groups is 1. The van der Waals surface area contributed by atoms with Crippen LogP contribution in [0, 0.1) is 0 Å². The quantitative estimate of drug-likeness (QED) is 0.745. The summed E-state index contributed by atoms with van der Waals surface area (Å²) in [6, 6.07) is 0. The third kappa shape index (κ3) is 3.16. The largest absolute Gasteiger partial charge is 0.480 e. The molecule has 0 amide bonds. The van der Waals surface area contributed by atoms with Crippen LogP contribution in [-0.2, 0) is 4.79 Å². The maximum absolute atomic E-state index is 11.0. The van der Waals surface area contributed by atoms with Gasteiger partial charge in [0.05, 0.1) is 6.33 Å². The van der Waals surface area contributed by atoms with E-state index in [1.54, 1.807) is 4.90 Å². The second-order valence-corrected chi connectivity index (χ2v) is 4.42. The third-order valence-electron chi connectivity index (χ3n) is 2.65. The van der Waals surface area contributed by atoms with E-state index in [1.165, 1.54) is 12.7 Å². The van der Waals surface area contributed by atoms with Crippen LogP contribution in [0.4, 0.5) is 5.82 Å². The fourth-order valence-electron chi connectivity index (χ4n) is 1.74. The Bertz CT molecular complexity index is 567. The highest BCUT2D eigenvalue weighted by molar-refractivity contribution is 5.85. The van der Waals surface area contributed by atoms with Gasteiger partial charge in [0, 0.05) is 13.1 Å². The minimum atomic E-state index is -0.898. The van der Waals surface area contributed by atoms with Crippen molar-refractivity contribution < 1.29 is 9.90 Å². The third-order valence-corrected chi connectivity index (χ3v) is 2.65. The maximum atomic E-state index is 11.0. The van der Waals surface area contributed by atoms with E-state index in [4.69, 9.17) is 5.11 Å². The lowest BCUT2D eigenvalue weighted by molar-refractivity contribution is -0.135. The van der Waals surface area contributed by atoms with Gasteiger partial charge in [-0.2, -0.15) is 0 Å². The molecular formula is C11H16N6O2. The van der Waals surface area contributed by atoms with E-state index >= 15 is 0 Å². The van der Waals surface area contributed by atoms with Crippen LogP contribution >= 0.6 is 0 Å². The van der Waals surface area contributed by atoms with E-state index < -0.39 is 5.97 Å². The summed E-state index contributed by atoms with van der Waals surface area (Å²) in [7, 11) is 3.87.